The molecule has 88 valence electrons. The van der Waals surface area contributed by atoms with E-state index < -0.39 is 0 Å². The van der Waals surface area contributed by atoms with Gasteiger partial charge in [0.15, 0.2) is 0 Å². The first kappa shape index (κ1) is 11.5. The number of rotatable bonds is 5. The van der Waals surface area contributed by atoms with Crippen LogP contribution in [0.25, 0.3) is 0 Å². The second-order valence-electron chi connectivity index (χ2n) is 3.43. The number of aliphatic hydroxyl groups excluding tert-OH is 1. The molecule has 2 heterocycles. The third kappa shape index (κ3) is 3.22. The normalized spacial score (nSPS) is 10.2. The molecule has 0 unspecified atom stereocenters. The number of nitrogens with zero attached hydrogens (tertiary/aromatic N) is 3. The molecule has 0 bridgehead atoms. The summed E-state index contributed by atoms with van der Waals surface area (Å²) in [5.74, 6) is 0.429. The highest BCUT2D eigenvalue weighted by Gasteiger charge is 2.03. The molecule has 0 spiro atoms. The van der Waals surface area contributed by atoms with Crippen LogP contribution in [-0.2, 0) is 13.0 Å². The van der Waals surface area contributed by atoms with Crippen molar-refractivity contribution in [3.05, 3.63) is 48.2 Å². The van der Waals surface area contributed by atoms with Gasteiger partial charge in [-0.25, -0.2) is 9.97 Å². The van der Waals surface area contributed by atoms with E-state index in [4.69, 9.17) is 9.84 Å². The van der Waals surface area contributed by atoms with Crippen LogP contribution >= 0.6 is 0 Å². The Balaban J connectivity index is 1.90. The van der Waals surface area contributed by atoms with Crippen LogP contribution in [0.1, 0.15) is 11.3 Å². The van der Waals surface area contributed by atoms with Crippen LogP contribution in [0.3, 0.4) is 0 Å². The maximum absolute atomic E-state index is 9.06. The Kier molecular flexibility index (Phi) is 3.99. The first-order valence-electron chi connectivity index (χ1n) is 5.32. The maximum Gasteiger partial charge on any atom is 0.221 e. The van der Waals surface area contributed by atoms with Crippen LogP contribution < -0.4 is 4.74 Å². The first-order valence-corrected chi connectivity index (χ1v) is 5.32. The molecular formula is C12H13N3O2. The van der Waals surface area contributed by atoms with E-state index in [-0.39, 0.29) is 6.61 Å². The second kappa shape index (κ2) is 5.91. The molecule has 0 aromatic carbocycles. The molecule has 17 heavy (non-hydrogen) atoms. The quantitative estimate of drug-likeness (QED) is 0.831. The molecule has 1 N–H and O–H groups in total. The molecule has 2 rings (SSSR count). The van der Waals surface area contributed by atoms with E-state index in [9.17, 15) is 0 Å². The third-order valence-corrected chi connectivity index (χ3v) is 2.24. The SMILES string of the molecule is OCc1cncnc1OCCc1ccccn1. The lowest BCUT2D eigenvalue weighted by Gasteiger charge is -2.07. The van der Waals surface area contributed by atoms with E-state index in [2.05, 4.69) is 15.0 Å². The molecule has 2 aromatic rings. The highest BCUT2D eigenvalue weighted by atomic mass is 16.5. The molecule has 0 aliphatic carbocycles. The van der Waals surface area contributed by atoms with Crippen molar-refractivity contribution >= 4 is 0 Å². The number of aromatic nitrogens is 3. The van der Waals surface area contributed by atoms with Crippen LogP contribution in [0.2, 0.25) is 0 Å². The van der Waals surface area contributed by atoms with E-state index in [1.807, 2.05) is 18.2 Å². The Morgan fingerprint density at radius 1 is 1.24 bits per heavy atom. The summed E-state index contributed by atoms with van der Waals surface area (Å²) in [6, 6.07) is 5.75. The van der Waals surface area contributed by atoms with Gasteiger partial charge < -0.3 is 9.84 Å². The van der Waals surface area contributed by atoms with E-state index in [1.165, 1.54) is 6.33 Å². The zero-order chi connectivity index (χ0) is 11.9. The fraction of sp³-hybridized carbons (Fsp3) is 0.250. The van der Waals surface area contributed by atoms with E-state index in [0.29, 0.717) is 24.5 Å². The molecule has 0 radical (unpaired) electrons. The van der Waals surface area contributed by atoms with Crippen LogP contribution in [0.15, 0.2) is 36.9 Å². The van der Waals surface area contributed by atoms with Gasteiger partial charge in [-0.1, -0.05) is 6.07 Å². The Hall–Kier alpha value is -2.01. The average Bonchev–Trinajstić information content (AvgIpc) is 2.40. The average molecular weight is 231 g/mol. The van der Waals surface area contributed by atoms with Gasteiger partial charge in [0.1, 0.15) is 6.33 Å². The molecule has 5 nitrogen and oxygen atoms in total. The lowest BCUT2D eigenvalue weighted by atomic mass is 10.3. The van der Waals surface area contributed by atoms with Gasteiger partial charge in [-0.05, 0) is 12.1 Å². The van der Waals surface area contributed by atoms with Crippen molar-refractivity contribution in [2.24, 2.45) is 0 Å². The number of hydrogen-bond donors (Lipinski definition) is 1. The summed E-state index contributed by atoms with van der Waals surface area (Å²) in [5.41, 5.74) is 1.56. The molecule has 0 aliphatic heterocycles. The maximum atomic E-state index is 9.06. The minimum atomic E-state index is -0.125. The molecule has 0 saturated heterocycles. The van der Waals surface area contributed by atoms with Gasteiger partial charge in [0.05, 0.1) is 18.8 Å². The van der Waals surface area contributed by atoms with Gasteiger partial charge in [-0.3, -0.25) is 4.98 Å². The van der Waals surface area contributed by atoms with Gasteiger partial charge >= 0.3 is 0 Å². The van der Waals surface area contributed by atoms with Gasteiger partial charge in [0.2, 0.25) is 5.88 Å². The predicted octanol–water partition coefficient (Wildman–Crippen LogP) is 0.985. The monoisotopic (exact) mass is 231 g/mol. The zero-order valence-electron chi connectivity index (χ0n) is 9.28. The lowest BCUT2D eigenvalue weighted by Crippen LogP contribution is -2.06. The summed E-state index contributed by atoms with van der Waals surface area (Å²) in [6.45, 7) is 0.348. The van der Waals surface area contributed by atoms with Gasteiger partial charge in [-0.2, -0.15) is 0 Å². The van der Waals surface area contributed by atoms with Crippen LogP contribution in [-0.4, -0.2) is 26.7 Å². The van der Waals surface area contributed by atoms with Gasteiger partial charge in [0, 0.05) is 24.5 Å². The Morgan fingerprint density at radius 2 is 2.18 bits per heavy atom. The lowest BCUT2D eigenvalue weighted by molar-refractivity contribution is 0.257. The Labute approximate surface area is 99.2 Å². The summed E-state index contributed by atoms with van der Waals surface area (Å²) in [5, 5.41) is 9.06. The zero-order valence-corrected chi connectivity index (χ0v) is 9.28. The van der Waals surface area contributed by atoms with E-state index in [1.54, 1.807) is 12.4 Å². The standard InChI is InChI=1S/C12H13N3O2/c16-8-10-7-13-9-15-12(10)17-6-4-11-3-1-2-5-14-11/h1-3,5,7,9,16H,4,6,8H2. The van der Waals surface area contributed by atoms with Crippen molar-refractivity contribution in [1.29, 1.82) is 0 Å². The molecule has 0 saturated carbocycles. The molecule has 5 heteroatoms. The number of pyridine rings is 1. The highest BCUT2D eigenvalue weighted by molar-refractivity contribution is 5.21. The summed E-state index contributed by atoms with van der Waals surface area (Å²) >= 11 is 0. The summed E-state index contributed by atoms with van der Waals surface area (Å²) in [6.07, 6.45) is 5.40. The van der Waals surface area contributed by atoms with Crippen molar-refractivity contribution in [3.63, 3.8) is 0 Å². The Bertz CT molecular complexity index is 462. The van der Waals surface area contributed by atoms with Gasteiger partial charge in [-0.15, -0.1) is 0 Å². The summed E-state index contributed by atoms with van der Waals surface area (Å²) in [4.78, 5) is 12.0. The number of hydrogen-bond acceptors (Lipinski definition) is 5. The molecular weight excluding hydrogens is 218 g/mol. The highest BCUT2D eigenvalue weighted by Crippen LogP contribution is 2.12. The molecule has 0 aliphatic rings. The Morgan fingerprint density at radius 3 is 2.94 bits per heavy atom. The smallest absolute Gasteiger partial charge is 0.221 e. The van der Waals surface area contributed by atoms with Crippen LogP contribution in [0.4, 0.5) is 0 Å². The predicted molar refractivity (Wildman–Crippen MR) is 61.4 cm³/mol. The number of ether oxygens (including phenoxy) is 1. The van der Waals surface area contributed by atoms with Crippen molar-refractivity contribution in [2.75, 3.05) is 6.61 Å². The van der Waals surface area contributed by atoms with Crippen LogP contribution in [0, 0.1) is 0 Å². The van der Waals surface area contributed by atoms with Crippen molar-refractivity contribution in [1.82, 2.24) is 15.0 Å². The number of aliphatic hydroxyl groups is 1. The summed E-state index contributed by atoms with van der Waals surface area (Å²) < 4.78 is 5.48. The molecule has 0 fully saturated rings. The first-order chi connectivity index (χ1) is 8.40. The fourth-order valence-corrected chi connectivity index (χ4v) is 1.38. The minimum absolute atomic E-state index is 0.125. The topological polar surface area (TPSA) is 68.1 Å². The summed E-state index contributed by atoms with van der Waals surface area (Å²) in [7, 11) is 0. The van der Waals surface area contributed by atoms with E-state index >= 15 is 0 Å². The second-order valence-corrected chi connectivity index (χ2v) is 3.43. The van der Waals surface area contributed by atoms with Crippen molar-refractivity contribution < 1.29 is 9.84 Å². The minimum Gasteiger partial charge on any atom is -0.477 e. The largest absolute Gasteiger partial charge is 0.477 e. The molecule has 0 amide bonds. The van der Waals surface area contributed by atoms with Crippen molar-refractivity contribution in [3.8, 4) is 5.88 Å². The van der Waals surface area contributed by atoms with Crippen molar-refractivity contribution in [2.45, 2.75) is 13.0 Å². The van der Waals surface area contributed by atoms with Gasteiger partial charge in [0.25, 0.3) is 0 Å². The molecule has 2 aromatic heterocycles. The fourth-order valence-electron chi connectivity index (χ4n) is 1.38. The molecule has 0 atom stereocenters. The van der Waals surface area contributed by atoms with Crippen LogP contribution in [0.5, 0.6) is 5.88 Å². The third-order valence-electron chi connectivity index (χ3n) is 2.24. The van der Waals surface area contributed by atoms with E-state index in [0.717, 1.165) is 5.69 Å².